The fourth-order valence-electron chi connectivity index (χ4n) is 6.38. The van der Waals surface area contributed by atoms with Crippen LogP contribution in [-0.4, -0.2) is 161 Å². The molecular weight excluding hydrogens is 709 g/mol. The molecule has 0 aromatic carbocycles. The van der Waals surface area contributed by atoms with Gasteiger partial charge in [0, 0.05) is 30.5 Å². The highest BCUT2D eigenvalue weighted by molar-refractivity contribution is 5.04. The van der Waals surface area contributed by atoms with Crippen LogP contribution < -0.4 is 0 Å². The van der Waals surface area contributed by atoms with Gasteiger partial charge in [-0.2, -0.15) is 0 Å². The first-order chi connectivity index (χ1) is 24.9. The summed E-state index contributed by atoms with van der Waals surface area (Å²) in [6.07, 6.45) is -25.3. The van der Waals surface area contributed by atoms with Gasteiger partial charge in [-0.25, -0.2) is 4.39 Å². The third-order valence-corrected chi connectivity index (χ3v) is 9.12. The summed E-state index contributed by atoms with van der Waals surface area (Å²) in [6.45, 7) is -0.319. The average Bonchev–Trinajstić information content (AvgIpc) is 3.43. The number of halogens is 1. The van der Waals surface area contributed by atoms with Gasteiger partial charge in [0.25, 0.3) is 0 Å². The third-order valence-electron chi connectivity index (χ3n) is 9.12. The lowest BCUT2D eigenvalue weighted by atomic mass is 9.84. The molecule has 286 valence electrons. The fraction of sp³-hybridized carbons (Fsp3) is 1.00. The van der Waals surface area contributed by atoms with Crippen LogP contribution in [0.15, 0.2) is 25.6 Å². The molecule has 1 saturated carbocycles. The van der Waals surface area contributed by atoms with Crippen molar-refractivity contribution in [2.24, 2.45) is 31.5 Å². The van der Waals surface area contributed by atoms with Crippen LogP contribution in [-0.2, 0) is 28.4 Å². The second kappa shape index (κ2) is 18.7. The molecular formula is C24H36FN15O12. The predicted molar refractivity (Wildman–Crippen MR) is 163 cm³/mol. The normalized spacial score (nSPS) is 44.5. The summed E-state index contributed by atoms with van der Waals surface area (Å²) in [6, 6.07) is -4.63. The van der Waals surface area contributed by atoms with Crippen molar-refractivity contribution < 1.29 is 63.5 Å². The first-order valence-corrected chi connectivity index (χ1v) is 15.7. The lowest BCUT2D eigenvalue weighted by molar-refractivity contribution is -0.303. The van der Waals surface area contributed by atoms with Crippen molar-refractivity contribution in [2.45, 2.75) is 124 Å². The van der Waals surface area contributed by atoms with E-state index in [9.17, 15) is 36.2 Å². The Balaban J connectivity index is 1.64. The van der Waals surface area contributed by atoms with E-state index in [-0.39, 0.29) is 13.0 Å². The molecule has 1 aliphatic carbocycles. The van der Waals surface area contributed by atoms with Crippen molar-refractivity contribution >= 4 is 0 Å². The largest absolute Gasteiger partial charge is 0.394 e. The van der Waals surface area contributed by atoms with Gasteiger partial charge in [0.2, 0.25) is 0 Å². The van der Waals surface area contributed by atoms with E-state index < -0.39 is 129 Å². The molecule has 3 aliphatic heterocycles. The predicted octanol–water partition coefficient (Wildman–Crippen LogP) is 0.149. The summed E-state index contributed by atoms with van der Waals surface area (Å²) in [5.41, 5.74) is 45.0. The fourth-order valence-corrected chi connectivity index (χ4v) is 6.38. The van der Waals surface area contributed by atoms with Crippen LogP contribution in [0.1, 0.15) is 13.3 Å². The van der Waals surface area contributed by atoms with Gasteiger partial charge in [-0.3, -0.25) is 0 Å². The number of rotatable bonds is 14. The molecule has 3 saturated heterocycles. The minimum absolute atomic E-state index is 0.371. The first-order valence-electron chi connectivity index (χ1n) is 15.7. The van der Waals surface area contributed by atoms with Crippen LogP contribution in [0.4, 0.5) is 4.39 Å². The van der Waals surface area contributed by atoms with Gasteiger partial charge < -0.3 is 59.1 Å². The SMILES string of the molecule is C[C@H]1[C@@H](O[C@H]2[C@@H](O)[C@H](O[C@@H]3[C@@H](O)[C@H](N=[N+]=[N-])C[C@H](N=[N+]=[N-])[C@H]3O[C@H]3O[C@H](CN=[N+]=[N-])[C@H](O)[C@H](F)[C@H]3N=[N+]=[N-])O[C@@H]2CO)O[C@@H](CN=[N+]=[N-])[C@@H](O)[C@@H]1O. The van der Waals surface area contributed by atoms with E-state index in [2.05, 4.69) is 50.1 Å². The van der Waals surface area contributed by atoms with Gasteiger partial charge in [-0.15, -0.1) is 0 Å². The summed E-state index contributed by atoms with van der Waals surface area (Å²) in [5, 5.41) is 81.2. The minimum Gasteiger partial charge on any atom is -0.394 e. The molecule has 0 aromatic rings. The Morgan fingerprint density at radius 1 is 0.615 bits per heavy atom. The molecule has 6 N–H and O–H groups in total. The van der Waals surface area contributed by atoms with Crippen molar-refractivity contribution in [1.82, 2.24) is 0 Å². The van der Waals surface area contributed by atoms with Gasteiger partial charge in [0.1, 0.15) is 48.8 Å². The van der Waals surface area contributed by atoms with Crippen LogP contribution >= 0.6 is 0 Å². The number of alkyl halides is 1. The lowest BCUT2D eigenvalue weighted by Gasteiger charge is -2.46. The Hall–Kier alpha value is -4.00. The Labute approximate surface area is 290 Å². The van der Waals surface area contributed by atoms with Crippen molar-refractivity contribution in [3.8, 4) is 0 Å². The van der Waals surface area contributed by atoms with Gasteiger partial charge in [0.15, 0.2) is 18.9 Å². The Kier molecular flexibility index (Phi) is 14.6. The summed E-state index contributed by atoms with van der Waals surface area (Å²) in [4.78, 5) is 13.2. The van der Waals surface area contributed by atoms with Gasteiger partial charge >= 0.3 is 0 Å². The average molecular weight is 746 g/mol. The van der Waals surface area contributed by atoms with E-state index in [4.69, 9.17) is 50.5 Å². The van der Waals surface area contributed by atoms with Crippen LogP contribution in [0, 0.1) is 5.92 Å². The molecule has 4 fully saturated rings. The lowest BCUT2D eigenvalue weighted by Crippen LogP contribution is -2.62. The molecule has 19 atom stereocenters. The molecule has 52 heavy (non-hydrogen) atoms. The molecule has 0 bridgehead atoms. The van der Waals surface area contributed by atoms with Crippen LogP contribution in [0.25, 0.3) is 52.2 Å². The maximum Gasteiger partial charge on any atom is 0.187 e. The second-order valence-electron chi connectivity index (χ2n) is 12.2. The van der Waals surface area contributed by atoms with Crippen molar-refractivity contribution in [1.29, 1.82) is 0 Å². The van der Waals surface area contributed by atoms with Gasteiger partial charge in [-0.1, -0.05) is 32.5 Å². The Morgan fingerprint density at radius 2 is 1.15 bits per heavy atom. The smallest absolute Gasteiger partial charge is 0.187 e. The number of hydrogen-bond acceptors (Lipinski definition) is 17. The highest BCUT2D eigenvalue weighted by Crippen LogP contribution is 2.38. The third kappa shape index (κ3) is 8.78. The molecule has 0 spiro atoms. The molecule has 4 rings (SSSR count). The Bertz CT molecular complexity index is 1480. The maximum atomic E-state index is 15.4. The number of aliphatic hydroxyl groups excluding tert-OH is 6. The molecule has 0 amide bonds. The molecule has 3 heterocycles. The summed E-state index contributed by atoms with van der Waals surface area (Å²) in [7, 11) is 0. The summed E-state index contributed by atoms with van der Waals surface area (Å²) < 4.78 is 50.1. The molecule has 27 nitrogen and oxygen atoms in total. The van der Waals surface area contributed by atoms with E-state index in [1.807, 2.05) is 0 Å². The van der Waals surface area contributed by atoms with E-state index in [0.717, 1.165) is 0 Å². The second-order valence-corrected chi connectivity index (χ2v) is 12.2. The maximum absolute atomic E-state index is 15.4. The van der Waals surface area contributed by atoms with Crippen LogP contribution in [0.2, 0.25) is 0 Å². The van der Waals surface area contributed by atoms with Crippen molar-refractivity contribution in [3.63, 3.8) is 0 Å². The number of nitrogens with zero attached hydrogens (tertiary/aromatic N) is 15. The minimum atomic E-state index is -2.34. The highest BCUT2D eigenvalue weighted by Gasteiger charge is 2.55. The number of aliphatic hydroxyl groups is 6. The summed E-state index contributed by atoms with van der Waals surface area (Å²) >= 11 is 0. The first kappa shape index (κ1) is 40.8. The molecule has 0 aromatic heterocycles. The molecule has 0 unspecified atom stereocenters. The Morgan fingerprint density at radius 3 is 1.75 bits per heavy atom. The zero-order valence-corrected chi connectivity index (χ0v) is 27.0. The highest BCUT2D eigenvalue weighted by atomic mass is 19.1. The zero-order valence-electron chi connectivity index (χ0n) is 27.0. The van der Waals surface area contributed by atoms with Gasteiger partial charge in [-0.05, 0) is 34.1 Å². The molecule has 28 heteroatoms. The van der Waals surface area contributed by atoms with Gasteiger partial charge in [0.05, 0.1) is 62.3 Å². The van der Waals surface area contributed by atoms with E-state index in [0.29, 0.717) is 0 Å². The zero-order chi connectivity index (χ0) is 38.1. The quantitative estimate of drug-likeness (QED) is 0.0786. The monoisotopic (exact) mass is 745 g/mol. The van der Waals surface area contributed by atoms with Crippen LogP contribution in [0.3, 0.4) is 0 Å². The van der Waals surface area contributed by atoms with Crippen LogP contribution in [0.5, 0.6) is 0 Å². The van der Waals surface area contributed by atoms with E-state index in [1.165, 1.54) is 6.92 Å². The number of azide groups is 5. The number of hydrogen-bond donors (Lipinski definition) is 6. The molecule has 0 radical (unpaired) electrons. The topological polar surface area (TPSA) is 421 Å². The van der Waals surface area contributed by atoms with Crippen molar-refractivity contribution in [3.05, 3.63) is 52.2 Å². The van der Waals surface area contributed by atoms with E-state index in [1.54, 1.807) is 0 Å². The number of ether oxygens (including phenoxy) is 6. The standard InChI is InChI=1S/C24H36FN15O12/c1-6-14(42)17(45)10(4-32-37-27)47-22(6)51-20-11(5-41)49-24(18(20)46)52-21-15(43)7(33-38-28)2-8(34-39-29)19(21)50-23-13(35-40-30)12(25)16(44)9(48-23)3-31-36-26/h6-24,41-46H,2-5H2,1H3/t6-,7-,8+,9-,10+,11-,12-,13-,14-,15+,16+,17-,18-,19-,20-,21-,22-,23-,24+/m1/s1. The van der Waals surface area contributed by atoms with E-state index >= 15 is 4.39 Å². The van der Waals surface area contributed by atoms with Crippen molar-refractivity contribution in [2.75, 3.05) is 19.7 Å². The molecule has 4 aliphatic rings. The summed E-state index contributed by atoms with van der Waals surface area (Å²) in [5.74, 6) is -0.934.